The highest BCUT2D eigenvalue weighted by Crippen LogP contribution is 2.19. The van der Waals surface area contributed by atoms with Gasteiger partial charge in [-0.15, -0.1) is 0 Å². The Balaban J connectivity index is 2.04. The summed E-state index contributed by atoms with van der Waals surface area (Å²) in [6.07, 6.45) is 1.67. The minimum absolute atomic E-state index is 0.524. The molecule has 13 heavy (non-hydrogen) atoms. The van der Waals surface area contributed by atoms with E-state index in [0.717, 1.165) is 5.56 Å². The van der Waals surface area contributed by atoms with E-state index in [9.17, 15) is 5.11 Å². The first kappa shape index (κ1) is 8.53. The van der Waals surface area contributed by atoms with Gasteiger partial charge in [0.2, 0.25) is 0 Å². The summed E-state index contributed by atoms with van der Waals surface area (Å²) >= 11 is 1.64. The zero-order valence-corrected chi connectivity index (χ0v) is 7.83. The molecule has 2 aromatic rings. The Hall–Kier alpha value is -1.06. The van der Waals surface area contributed by atoms with E-state index in [4.69, 9.17) is 4.42 Å². The van der Waals surface area contributed by atoms with Gasteiger partial charge in [-0.3, -0.25) is 0 Å². The van der Waals surface area contributed by atoms with Crippen LogP contribution in [0.25, 0.3) is 0 Å². The second-order valence-corrected chi connectivity index (χ2v) is 3.65. The van der Waals surface area contributed by atoms with Crippen LogP contribution in [0.3, 0.4) is 0 Å². The lowest BCUT2D eigenvalue weighted by Crippen LogP contribution is -1.98. The molecule has 3 heteroatoms. The van der Waals surface area contributed by atoms with Crippen LogP contribution in [0.5, 0.6) is 0 Å². The zero-order chi connectivity index (χ0) is 9.10. The predicted octanol–water partition coefficient (Wildman–Crippen LogP) is 2.62. The highest BCUT2D eigenvalue weighted by atomic mass is 32.1. The van der Waals surface area contributed by atoms with Crippen LogP contribution in [-0.2, 0) is 6.42 Å². The van der Waals surface area contributed by atoms with Gasteiger partial charge in [-0.1, -0.05) is 0 Å². The van der Waals surface area contributed by atoms with E-state index < -0.39 is 6.10 Å². The van der Waals surface area contributed by atoms with Crippen molar-refractivity contribution in [1.82, 2.24) is 0 Å². The molecule has 0 spiro atoms. The van der Waals surface area contributed by atoms with Crippen LogP contribution in [0.1, 0.15) is 17.4 Å². The first-order chi connectivity index (χ1) is 6.36. The van der Waals surface area contributed by atoms with Crippen molar-refractivity contribution >= 4 is 11.3 Å². The lowest BCUT2D eigenvalue weighted by molar-refractivity contribution is 0.150. The van der Waals surface area contributed by atoms with Crippen LogP contribution < -0.4 is 0 Å². The van der Waals surface area contributed by atoms with Gasteiger partial charge in [0.15, 0.2) is 0 Å². The van der Waals surface area contributed by atoms with Crippen molar-refractivity contribution < 1.29 is 9.52 Å². The number of thiophene rings is 1. The summed E-state index contributed by atoms with van der Waals surface area (Å²) in [5.74, 6) is 0.631. The number of rotatable bonds is 3. The first-order valence-electron chi connectivity index (χ1n) is 4.09. The average Bonchev–Trinajstić information content (AvgIpc) is 2.74. The van der Waals surface area contributed by atoms with Crippen molar-refractivity contribution in [3.8, 4) is 0 Å². The molecule has 68 valence electrons. The molecule has 1 atom stereocenters. The lowest BCUT2D eigenvalue weighted by Gasteiger charge is -2.04. The lowest BCUT2D eigenvalue weighted by atomic mass is 10.1. The van der Waals surface area contributed by atoms with Gasteiger partial charge in [-0.05, 0) is 34.5 Å². The Kier molecular flexibility index (Phi) is 2.47. The summed E-state index contributed by atoms with van der Waals surface area (Å²) in [5.41, 5.74) is 1.15. The van der Waals surface area contributed by atoms with E-state index in [1.807, 2.05) is 16.8 Å². The average molecular weight is 194 g/mol. The van der Waals surface area contributed by atoms with Gasteiger partial charge in [0.1, 0.15) is 11.9 Å². The Morgan fingerprint density at radius 3 is 3.00 bits per heavy atom. The molecule has 2 heterocycles. The van der Waals surface area contributed by atoms with E-state index in [1.165, 1.54) is 0 Å². The third kappa shape index (κ3) is 1.99. The molecule has 0 amide bonds. The molecule has 1 unspecified atom stereocenters. The van der Waals surface area contributed by atoms with Crippen LogP contribution >= 0.6 is 11.3 Å². The Morgan fingerprint density at radius 1 is 1.46 bits per heavy atom. The fraction of sp³-hybridized carbons (Fsp3) is 0.200. The maximum atomic E-state index is 9.69. The third-order valence-electron chi connectivity index (χ3n) is 1.88. The van der Waals surface area contributed by atoms with Crippen molar-refractivity contribution in [1.29, 1.82) is 0 Å². The van der Waals surface area contributed by atoms with Crippen LogP contribution in [0.2, 0.25) is 0 Å². The maximum absolute atomic E-state index is 9.69. The molecule has 2 aromatic heterocycles. The second-order valence-electron chi connectivity index (χ2n) is 2.87. The van der Waals surface area contributed by atoms with E-state index >= 15 is 0 Å². The molecule has 0 radical (unpaired) electrons. The summed E-state index contributed by atoms with van der Waals surface area (Å²) in [6, 6.07) is 5.58. The number of aliphatic hydroxyl groups excluding tert-OH is 1. The highest BCUT2D eigenvalue weighted by molar-refractivity contribution is 7.07. The topological polar surface area (TPSA) is 33.4 Å². The molecule has 2 nitrogen and oxygen atoms in total. The monoisotopic (exact) mass is 194 g/mol. The number of hydrogen-bond acceptors (Lipinski definition) is 3. The van der Waals surface area contributed by atoms with Gasteiger partial charge < -0.3 is 9.52 Å². The second kappa shape index (κ2) is 3.77. The molecule has 0 bridgehead atoms. The Labute approximate surface area is 80.4 Å². The molecule has 0 aliphatic carbocycles. The van der Waals surface area contributed by atoms with Crippen LogP contribution in [0.15, 0.2) is 39.6 Å². The van der Waals surface area contributed by atoms with Crippen molar-refractivity contribution in [2.75, 3.05) is 0 Å². The number of aliphatic hydroxyl groups is 1. The van der Waals surface area contributed by atoms with Gasteiger partial charge in [-0.25, -0.2) is 0 Å². The van der Waals surface area contributed by atoms with Gasteiger partial charge in [0.05, 0.1) is 6.26 Å². The van der Waals surface area contributed by atoms with E-state index in [-0.39, 0.29) is 0 Å². The molecule has 1 N–H and O–H groups in total. The van der Waals surface area contributed by atoms with Gasteiger partial charge in [0.25, 0.3) is 0 Å². The van der Waals surface area contributed by atoms with Crippen LogP contribution in [-0.4, -0.2) is 5.11 Å². The van der Waals surface area contributed by atoms with E-state index in [1.54, 1.807) is 29.7 Å². The summed E-state index contributed by atoms with van der Waals surface area (Å²) in [6.45, 7) is 0. The molecular formula is C10H10O2S. The van der Waals surface area contributed by atoms with Gasteiger partial charge >= 0.3 is 0 Å². The third-order valence-corrected chi connectivity index (χ3v) is 2.61. The fourth-order valence-electron chi connectivity index (χ4n) is 1.21. The van der Waals surface area contributed by atoms with Crippen molar-refractivity contribution in [3.63, 3.8) is 0 Å². The largest absolute Gasteiger partial charge is 0.467 e. The minimum Gasteiger partial charge on any atom is -0.467 e. The van der Waals surface area contributed by atoms with E-state index in [0.29, 0.717) is 12.2 Å². The Morgan fingerprint density at radius 2 is 2.38 bits per heavy atom. The van der Waals surface area contributed by atoms with Gasteiger partial charge in [0, 0.05) is 6.42 Å². The minimum atomic E-state index is -0.524. The standard InChI is InChI=1S/C10H10O2S/c11-9(10-2-1-4-12-10)6-8-3-5-13-7-8/h1-5,7,9,11H,6H2. The van der Waals surface area contributed by atoms with Gasteiger partial charge in [-0.2, -0.15) is 11.3 Å². The molecular weight excluding hydrogens is 184 g/mol. The molecule has 0 aliphatic heterocycles. The summed E-state index contributed by atoms with van der Waals surface area (Å²) in [4.78, 5) is 0. The molecule has 0 saturated heterocycles. The predicted molar refractivity (Wildman–Crippen MR) is 51.7 cm³/mol. The smallest absolute Gasteiger partial charge is 0.132 e. The van der Waals surface area contributed by atoms with Crippen LogP contribution in [0.4, 0.5) is 0 Å². The Bertz CT molecular complexity index is 337. The zero-order valence-electron chi connectivity index (χ0n) is 7.01. The van der Waals surface area contributed by atoms with Crippen molar-refractivity contribution in [2.45, 2.75) is 12.5 Å². The van der Waals surface area contributed by atoms with E-state index in [2.05, 4.69) is 0 Å². The molecule has 0 saturated carbocycles. The molecule has 0 aromatic carbocycles. The quantitative estimate of drug-likeness (QED) is 0.814. The van der Waals surface area contributed by atoms with Crippen LogP contribution in [0, 0.1) is 0 Å². The maximum Gasteiger partial charge on any atom is 0.132 e. The van der Waals surface area contributed by atoms with Crippen molar-refractivity contribution in [2.24, 2.45) is 0 Å². The SMILES string of the molecule is OC(Cc1ccsc1)c1ccco1. The summed E-state index contributed by atoms with van der Waals surface area (Å²) in [7, 11) is 0. The fourth-order valence-corrected chi connectivity index (χ4v) is 1.90. The first-order valence-corrected chi connectivity index (χ1v) is 5.03. The normalized spacial score (nSPS) is 13.0. The molecule has 0 aliphatic rings. The summed E-state index contributed by atoms with van der Waals surface area (Å²) in [5, 5.41) is 13.7. The van der Waals surface area contributed by atoms with Crippen molar-refractivity contribution in [3.05, 3.63) is 46.5 Å². The molecule has 0 fully saturated rings. The number of hydrogen-bond donors (Lipinski definition) is 1. The highest BCUT2D eigenvalue weighted by Gasteiger charge is 2.10. The summed E-state index contributed by atoms with van der Waals surface area (Å²) < 4.78 is 5.10. The number of furan rings is 1. The molecule has 2 rings (SSSR count).